The molecule has 4 nitrogen and oxygen atoms in total. The molecule has 0 fully saturated rings. The molecule has 0 bridgehead atoms. The molecule has 2 aromatic rings. The number of hydrogen-bond acceptors (Lipinski definition) is 4. The number of nitrogens with one attached hydrogen (secondary N) is 1. The molecule has 0 aromatic carbocycles. The highest BCUT2D eigenvalue weighted by molar-refractivity contribution is 5.48. The van der Waals surface area contributed by atoms with Gasteiger partial charge in [0.1, 0.15) is 0 Å². The molecule has 1 atom stereocenters. The Kier molecular flexibility index (Phi) is 5.12. The summed E-state index contributed by atoms with van der Waals surface area (Å²) in [7, 11) is 0. The van der Waals surface area contributed by atoms with Gasteiger partial charge in [-0.1, -0.05) is 20.8 Å². The van der Waals surface area contributed by atoms with Crippen LogP contribution in [-0.4, -0.2) is 23.1 Å². The van der Waals surface area contributed by atoms with E-state index in [1.807, 2.05) is 12.1 Å². The molecule has 0 spiro atoms. The van der Waals surface area contributed by atoms with Gasteiger partial charge >= 0.3 is 0 Å². The summed E-state index contributed by atoms with van der Waals surface area (Å²) in [6.07, 6.45) is 1.65. The number of nitrogens with zero attached hydrogens (tertiary/aromatic N) is 2. The zero-order valence-electron chi connectivity index (χ0n) is 13.6. The van der Waals surface area contributed by atoms with Crippen LogP contribution in [0.2, 0.25) is 0 Å². The smallest absolute Gasteiger partial charge is 0.196 e. The average molecular weight is 287 g/mol. The molecular formula is C17H25N3O. The SMILES string of the molecule is Cc1nc(-c2ccco2)nc(C)c1C(C)CNCC(C)C. The lowest BCUT2D eigenvalue weighted by atomic mass is 9.97. The molecule has 0 saturated carbocycles. The van der Waals surface area contributed by atoms with Gasteiger partial charge < -0.3 is 9.73 Å². The van der Waals surface area contributed by atoms with E-state index < -0.39 is 0 Å². The lowest BCUT2D eigenvalue weighted by Gasteiger charge is -2.18. The molecule has 0 amide bonds. The summed E-state index contributed by atoms with van der Waals surface area (Å²) in [5, 5.41) is 3.51. The van der Waals surface area contributed by atoms with E-state index in [-0.39, 0.29) is 0 Å². The third kappa shape index (κ3) is 3.91. The van der Waals surface area contributed by atoms with Crippen LogP contribution in [0.5, 0.6) is 0 Å². The Labute approximate surface area is 127 Å². The van der Waals surface area contributed by atoms with E-state index >= 15 is 0 Å². The maximum absolute atomic E-state index is 5.38. The minimum atomic E-state index is 0.398. The topological polar surface area (TPSA) is 51.0 Å². The van der Waals surface area contributed by atoms with E-state index in [1.54, 1.807) is 6.26 Å². The number of aryl methyl sites for hydroxylation is 2. The van der Waals surface area contributed by atoms with E-state index in [1.165, 1.54) is 5.56 Å². The second kappa shape index (κ2) is 6.85. The predicted molar refractivity (Wildman–Crippen MR) is 85.3 cm³/mol. The van der Waals surface area contributed by atoms with Crippen LogP contribution in [0, 0.1) is 19.8 Å². The Morgan fingerprint density at radius 3 is 2.29 bits per heavy atom. The summed E-state index contributed by atoms with van der Waals surface area (Å²) in [5.74, 6) is 2.45. The third-order valence-electron chi connectivity index (χ3n) is 3.56. The molecule has 1 unspecified atom stereocenters. The predicted octanol–water partition coefficient (Wildman–Crippen LogP) is 3.70. The number of hydrogen-bond donors (Lipinski definition) is 1. The van der Waals surface area contributed by atoms with Gasteiger partial charge in [-0.2, -0.15) is 0 Å². The minimum Gasteiger partial charge on any atom is -0.461 e. The fourth-order valence-corrected chi connectivity index (χ4v) is 2.64. The van der Waals surface area contributed by atoms with Crippen molar-refractivity contribution in [2.24, 2.45) is 5.92 Å². The zero-order chi connectivity index (χ0) is 15.4. The molecule has 2 heterocycles. The Bertz CT molecular complexity index is 553. The molecule has 2 rings (SSSR count). The van der Waals surface area contributed by atoms with Gasteiger partial charge in [0.2, 0.25) is 0 Å². The number of furan rings is 1. The van der Waals surface area contributed by atoms with Crippen LogP contribution in [0.25, 0.3) is 11.6 Å². The lowest BCUT2D eigenvalue weighted by Crippen LogP contribution is -2.25. The molecule has 4 heteroatoms. The van der Waals surface area contributed by atoms with Crippen molar-refractivity contribution in [3.8, 4) is 11.6 Å². The molecule has 0 aliphatic heterocycles. The maximum atomic E-state index is 5.38. The van der Waals surface area contributed by atoms with E-state index in [0.29, 0.717) is 17.7 Å². The summed E-state index contributed by atoms with van der Waals surface area (Å²) >= 11 is 0. The zero-order valence-corrected chi connectivity index (χ0v) is 13.6. The molecule has 0 aliphatic carbocycles. The normalized spacial score (nSPS) is 12.9. The second-order valence-corrected chi connectivity index (χ2v) is 6.06. The van der Waals surface area contributed by atoms with Crippen molar-refractivity contribution in [1.29, 1.82) is 0 Å². The van der Waals surface area contributed by atoms with Crippen LogP contribution >= 0.6 is 0 Å². The van der Waals surface area contributed by atoms with Crippen molar-refractivity contribution in [3.05, 3.63) is 35.3 Å². The van der Waals surface area contributed by atoms with Crippen LogP contribution in [0.3, 0.4) is 0 Å². The molecule has 2 aromatic heterocycles. The fourth-order valence-electron chi connectivity index (χ4n) is 2.64. The van der Waals surface area contributed by atoms with Gasteiger partial charge in [0, 0.05) is 17.9 Å². The summed E-state index contributed by atoms with van der Waals surface area (Å²) in [6.45, 7) is 12.7. The quantitative estimate of drug-likeness (QED) is 0.880. The largest absolute Gasteiger partial charge is 0.461 e. The fraction of sp³-hybridized carbons (Fsp3) is 0.529. The summed E-state index contributed by atoms with van der Waals surface area (Å²) in [4.78, 5) is 9.22. The maximum Gasteiger partial charge on any atom is 0.196 e. The first-order valence-corrected chi connectivity index (χ1v) is 7.58. The summed E-state index contributed by atoms with van der Waals surface area (Å²) in [5.41, 5.74) is 3.31. The molecular weight excluding hydrogens is 262 g/mol. The number of rotatable bonds is 6. The highest BCUT2D eigenvalue weighted by Gasteiger charge is 2.16. The molecule has 1 N–H and O–H groups in total. The van der Waals surface area contributed by atoms with Gasteiger partial charge in [0.05, 0.1) is 6.26 Å². The van der Waals surface area contributed by atoms with Gasteiger partial charge in [-0.25, -0.2) is 9.97 Å². The van der Waals surface area contributed by atoms with Gasteiger partial charge in [-0.3, -0.25) is 0 Å². The first kappa shape index (κ1) is 15.7. The molecule has 0 saturated heterocycles. The van der Waals surface area contributed by atoms with Gasteiger partial charge in [-0.05, 0) is 49.9 Å². The highest BCUT2D eigenvalue weighted by atomic mass is 16.3. The Hall–Kier alpha value is -1.68. The first-order chi connectivity index (χ1) is 9.99. The Morgan fingerprint density at radius 1 is 1.10 bits per heavy atom. The number of aromatic nitrogens is 2. The monoisotopic (exact) mass is 287 g/mol. The molecule has 21 heavy (non-hydrogen) atoms. The van der Waals surface area contributed by atoms with Crippen LogP contribution in [-0.2, 0) is 0 Å². The summed E-state index contributed by atoms with van der Waals surface area (Å²) < 4.78 is 5.38. The van der Waals surface area contributed by atoms with Gasteiger partial charge in [0.25, 0.3) is 0 Å². The minimum absolute atomic E-state index is 0.398. The van der Waals surface area contributed by atoms with Crippen molar-refractivity contribution in [2.75, 3.05) is 13.1 Å². The van der Waals surface area contributed by atoms with Crippen LogP contribution in [0.15, 0.2) is 22.8 Å². The van der Waals surface area contributed by atoms with Crippen molar-refractivity contribution in [3.63, 3.8) is 0 Å². The van der Waals surface area contributed by atoms with E-state index in [4.69, 9.17) is 4.42 Å². The van der Waals surface area contributed by atoms with E-state index in [9.17, 15) is 0 Å². The van der Waals surface area contributed by atoms with Gasteiger partial charge in [-0.15, -0.1) is 0 Å². The third-order valence-corrected chi connectivity index (χ3v) is 3.56. The Balaban J connectivity index is 2.17. The Morgan fingerprint density at radius 2 is 1.76 bits per heavy atom. The van der Waals surface area contributed by atoms with E-state index in [2.05, 4.69) is 49.9 Å². The van der Waals surface area contributed by atoms with Gasteiger partial charge in [0.15, 0.2) is 11.6 Å². The standard InChI is InChI=1S/C17H25N3O/c1-11(2)9-18-10-12(3)16-13(4)19-17(20-14(16)5)15-7-6-8-21-15/h6-8,11-12,18H,9-10H2,1-5H3. The highest BCUT2D eigenvalue weighted by Crippen LogP contribution is 2.24. The summed E-state index contributed by atoms with van der Waals surface area (Å²) in [6, 6.07) is 3.75. The average Bonchev–Trinajstić information content (AvgIpc) is 2.91. The van der Waals surface area contributed by atoms with Crippen LogP contribution in [0.4, 0.5) is 0 Å². The van der Waals surface area contributed by atoms with Crippen molar-refractivity contribution in [2.45, 2.75) is 40.5 Å². The molecule has 0 radical (unpaired) electrons. The van der Waals surface area contributed by atoms with Crippen LogP contribution in [0.1, 0.15) is 43.6 Å². The van der Waals surface area contributed by atoms with Crippen molar-refractivity contribution in [1.82, 2.24) is 15.3 Å². The van der Waals surface area contributed by atoms with Crippen LogP contribution < -0.4 is 5.32 Å². The van der Waals surface area contributed by atoms with Crippen molar-refractivity contribution < 1.29 is 4.42 Å². The first-order valence-electron chi connectivity index (χ1n) is 7.58. The lowest BCUT2D eigenvalue weighted by molar-refractivity contribution is 0.525. The van der Waals surface area contributed by atoms with Crippen molar-refractivity contribution >= 4 is 0 Å². The second-order valence-electron chi connectivity index (χ2n) is 6.06. The molecule has 0 aliphatic rings. The molecule has 114 valence electrons. The van der Waals surface area contributed by atoms with E-state index in [0.717, 1.165) is 30.2 Å².